The van der Waals surface area contributed by atoms with Gasteiger partial charge in [0.1, 0.15) is 6.10 Å². The molecule has 0 aliphatic rings. The molecule has 0 aliphatic carbocycles. The molecule has 0 spiro atoms. The average molecular weight is 242 g/mol. The quantitative estimate of drug-likeness (QED) is 0.532. The molecule has 0 saturated carbocycles. The van der Waals surface area contributed by atoms with Crippen molar-refractivity contribution in [2.75, 3.05) is 6.61 Å². The summed E-state index contributed by atoms with van der Waals surface area (Å²) in [4.78, 5) is 22.0. The molecule has 17 heavy (non-hydrogen) atoms. The number of carbonyl (C=O) groups is 2. The van der Waals surface area contributed by atoms with Crippen LogP contribution in [0.25, 0.3) is 0 Å². The van der Waals surface area contributed by atoms with Crippen molar-refractivity contribution in [1.29, 1.82) is 0 Å². The molecular weight excluding hydrogens is 224 g/mol. The Balaban J connectivity index is 4.10. The highest BCUT2D eigenvalue weighted by Gasteiger charge is 2.19. The summed E-state index contributed by atoms with van der Waals surface area (Å²) in [5, 5.41) is 9.36. The first-order chi connectivity index (χ1) is 7.88. The van der Waals surface area contributed by atoms with E-state index in [1.165, 1.54) is 13.8 Å². The molecule has 2 atom stereocenters. The fraction of sp³-hybridized carbons (Fsp3) is 0.500. The highest BCUT2D eigenvalue weighted by molar-refractivity contribution is 5.86. The topological polar surface area (TPSA) is 72.8 Å². The van der Waals surface area contributed by atoms with Gasteiger partial charge in [-0.2, -0.15) is 0 Å². The van der Waals surface area contributed by atoms with Crippen molar-refractivity contribution in [3.63, 3.8) is 0 Å². The number of rotatable bonds is 7. The molecule has 96 valence electrons. The van der Waals surface area contributed by atoms with Crippen molar-refractivity contribution in [2.24, 2.45) is 0 Å². The maximum absolute atomic E-state index is 11.1. The van der Waals surface area contributed by atoms with Gasteiger partial charge in [0.2, 0.25) is 0 Å². The summed E-state index contributed by atoms with van der Waals surface area (Å²) >= 11 is 0. The molecule has 2 unspecified atom stereocenters. The van der Waals surface area contributed by atoms with Gasteiger partial charge in [-0.1, -0.05) is 13.2 Å². The molecule has 0 aromatic heterocycles. The Labute approximate surface area is 101 Å². The van der Waals surface area contributed by atoms with E-state index >= 15 is 0 Å². The van der Waals surface area contributed by atoms with Crippen LogP contribution in [0.5, 0.6) is 0 Å². The second kappa shape index (κ2) is 7.62. The first-order valence-electron chi connectivity index (χ1n) is 5.22. The van der Waals surface area contributed by atoms with Crippen molar-refractivity contribution in [3.8, 4) is 0 Å². The number of esters is 2. The molecule has 0 amide bonds. The number of hydrogen-bond donors (Lipinski definition) is 1. The molecule has 1 N–H and O–H groups in total. The van der Waals surface area contributed by atoms with E-state index in [4.69, 9.17) is 9.47 Å². The van der Waals surface area contributed by atoms with E-state index in [-0.39, 0.29) is 13.0 Å². The minimum Gasteiger partial charge on any atom is -0.462 e. The highest BCUT2D eigenvalue weighted by Crippen LogP contribution is 2.06. The standard InChI is InChI=1S/C12H18O5/c1-5-11(14)17-10(9(4)13)6-7-16-12(15)8(2)3/h5,9-10,13H,1-2,6-7H2,3-4H3. The number of ether oxygens (including phenoxy) is 2. The summed E-state index contributed by atoms with van der Waals surface area (Å²) in [6, 6.07) is 0. The van der Waals surface area contributed by atoms with Gasteiger partial charge in [-0.25, -0.2) is 9.59 Å². The Morgan fingerprint density at radius 1 is 1.47 bits per heavy atom. The minimum absolute atomic E-state index is 0.0473. The lowest BCUT2D eigenvalue weighted by Gasteiger charge is -2.19. The van der Waals surface area contributed by atoms with Gasteiger partial charge in [0.05, 0.1) is 12.7 Å². The van der Waals surface area contributed by atoms with Crippen LogP contribution in [-0.2, 0) is 19.1 Å². The van der Waals surface area contributed by atoms with Gasteiger partial charge in [-0.3, -0.25) is 0 Å². The van der Waals surface area contributed by atoms with Gasteiger partial charge in [0, 0.05) is 18.1 Å². The van der Waals surface area contributed by atoms with E-state index < -0.39 is 24.1 Å². The van der Waals surface area contributed by atoms with Crippen molar-refractivity contribution in [1.82, 2.24) is 0 Å². The van der Waals surface area contributed by atoms with Gasteiger partial charge in [-0.05, 0) is 13.8 Å². The summed E-state index contributed by atoms with van der Waals surface area (Å²) in [5.41, 5.74) is 0.293. The van der Waals surface area contributed by atoms with Crippen LogP contribution < -0.4 is 0 Å². The lowest BCUT2D eigenvalue weighted by Crippen LogP contribution is -2.30. The minimum atomic E-state index is -0.845. The number of carbonyl (C=O) groups excluding carboxylic acids is 2. The lowest BCUT2D eigenvalue weighted by atomic mass is 10.1. The van der Waals surface area contributed by atoms with Crippen LogP contribution in [0.2, 0.25) is 0 Å². The molecule has 5 heteroatoms. The van der Waals surface area contributed by atoms with Crippen LogP contribution in [0.4, 0.5) is 0 Å². The Morgan fingerprint density at radius 3 is 2.47 bits per heavy atom. The summed E-state index contributed by atoms with van der Waals surface area (Å²) in [6.07, 6.45) is -0.341. The summed E-state index contributed by atoms with van der Waals surface area (Å²) in [5.74, 6) is -1.13. The van der Waals surface area contributed by atoms with E-state index in [0.29, 0.717) is 5.57 Å². The maximum Gasteiger partial charge on any atom is 0.333 e. The van der Waals surface area contributed by atoms with E-state index in [9.17, 15) is 14.7 Å². The van der Waals surface area contributed by atoms with Crippen molar-refractivity contribution in [3.05, 3.63) is 24.8 Å². The van der Waals surface area contributed by atoms with Gasteiger partial charge >= 0.3 is 11.9 Å². The Kier molecular flexibility index (Phi) is 6.89. The van der Waals surface area contributed by atoms with Crippen molar-refractivity contribution < 1.29 is 24.2 Å². The van der Waals surface area contributed by atoms with Crippen LogP contribution >= 0.6 is 0 Å². The molecule has 0 bridgehead atoms. The summed E-state index contributed by atoms with van der Waals surface area (Å²) in [6.45, 7) is 9.75. The van der Waals surface area contributed by atoms with Gasteiger partial charge in [0.15, 0.2) is 0 Å². The van der Waals surface area contributed by atoms with E-state index in [2.05, 4.69) is 13.2 Å². The monoisotopic (exact) mass is 242 g/mol. The highest BCUT2D eigenvalue weighted by atomic mass is 16.6. The first-order valence-corrected chi connectivity index (χ1v) is 5.22. The molecule has 0 aliphatic heterocycles. The van der Waals surface area contributed by atoms with Crippen LogP contribution in [-0.4, -0.2) is 35.9 Å². The lowest BCUT2D eigenvalue weighted by molar-refractivity contribution is -0.151. The van der Waals surface area contributed by atoms with Crippen LogP contribution in [0.3, 0.4) is 0 Å². The number of hydrogen-bond acceptors (Lipinski definition) is 5. The second-order valence-corrected chi connectivity index (χ2v) is 3.62. The largest absolute Gasteiger partial charge is 0.462 e. The van der Waals surface area contributed by atoms with Crippen molar-refractivity contribution in [2.45, 2.75) is 32.5 Å². The van der Waals surface area contributed by atoms with Crippen molar-refractivity contribution >= 4 is 11.9 Å². The van der Waals surface area contributed by atoms with Gasteiger partial charge in [0.25, 0.3) is 0 Å². The third kappa shape index (κ3) is 6.52. The molecule has 0 fully saturated rings. The zero-order valence-corrected chi connectivity index (χ0v) is 10.1. The SMILES string of the molecule is C=CC(=O)OC(CCOC(=O)C(=C)C)C(C)O. The van der Waals surface area contributed by atoms with E-state index in [0.717, 1.165) is 6.08 Å². The normalized spacial score (nSPS) is 13.4. The second-order valence-electron chi connectivity index (χ2n) is 3.62. The van der Waals surface area contributed by atoms with E-state index in [1.54, 1.807) is 0 Å². The molecule has 0 radical (unpaired) electrons. The predicted octanol–water partition coefficient (Wildman–Crippen LogP) is 0.974. The predicted molar refractivity (Wildman–Crippen MR) is 62.1 cm³/mol. The molecule has 0 saturated heterocycles. The zero-order chi connectivity index (χ0) is 13.4. The molecule has 0 heterocycles. The zero-order valence-electron chi connectivity index (χ0n) is 10.1. The summed E-state index contributed by atoms with van der Waals surface area (Å²) < 4.78 is 9.72. The fourth-order valence-electron chi connectivity index (χ4n) is 0.987. The summed E-state index contributed by atoms with van der Waals surface area (Å²) in [7, 11) is 0. The first kappa shape index (κ1) is 15.4. The number of aliphatic hydroxyl groups excluding tert-OH is 1. The Bertz CT molecular complexity index is 306. The molecule has 0 aromatic carbocycles. The Hall–Kier alpha value is -1.62. The third-order valence-corrected chi connectivity index (χ3v) is 1.96. The molecule has 5 nitrogen and oxygen atoms in total. The van der Waals surface area contributed by atoms with Gasteiger partial charge < -0.3 is 14.6 Å². The molecule has 0 rings (SSSR count). The maximum atomic E-state index is 11.1. The van der Waals surface area contributed by atoms with E-state index in [1.807, 2.05) is 0 Å². The third-order valence-electron chi connectivity index (χ3n) is 1.96. The van der Waals surface area contributed by atoms with Crippen LogP contribution in [0, 0.1) is 0 Å². The average Bonchev–Trinajstić information content (AvgIpc) is 2.26. The number of aliphatic hydroxyl groups is 1. The van der Waals surface area contributed by atoms with Crippen LogP contribution in [0.15, 0.2) is 24.8 Å². The van der Waals surface area contributed by atoms with Gasteiger partial charge in [-0.15, -0.1) is 0 Å². The smallest absolute Gasteiger partial charge is 0.333 e. The molecular formula is C12H18O5. The fourth-order valence-corrected chi connectivity index (χ4v) is 0.987. The van der Waals surface area contributed by atoms with Crippen LogP contribution in [0.1, 0.15) is 20.3 Å². The Morgan fingerprint density at radius 2 is 2.06 bits per heavy atom. The molecule has 0 aromatic rings.